The molecule has 7 heteroatoms. The third-order valence-corrected chi connectivity index (χ3v) is 7.49. The van der Waals surface area contributed by atoms with Crippen LogP contribution < -0.4 is 5.32 Å². The van der Waals surface area contributed by atoms with Gasteiger partial charge in [-0.3, -0.25) is 4.79 Å². The van der Waals surface area contributed by atoms with E-state index in [4.69, 9.17) is 11.6 Å². The molecule has 3 rings (SSSR count). The average molecular weight is 485 g/mol. The smallest absolute Gasteiger partial charge is 0.243 e. The highest BCUT2D eigenvalue weighted by Crippen LogP contribution is 2.19. The Bertz CT molecular complexity index is 1120. The van der Waals surface area contributed by atoms with Gasteiger partial charge in [0.15, 0.2) is 0 Å². The zero-order valence-electron chi connectivity index (χ0n) is 18.7. The van der Waals surface area contributed by atoms with E-state index in [-0.39, 0.29) is 29.9 Å². The van der Waals surface area contributed by atoms with Gasteiger partial charge in [-0.25, -0.2) is 8.42 Å². The molecule has 0 radical (unpaired) electrons. The lowest BCUT2D eigenvalue weighted by Crippen LogP contribution is -2.44. The summed E-state index contributed by atoms with van der Waals surface area (Å²) in [5, 5.41) is 3.40. The quantitative estimate of drug-likeness (QED) is 0.428. The van der Waals surface area contributed by atoms with Crippen molar-refractivity contribution in [1.29, 1.82) is 0 Å². The summed E-state index contributed by atoms with van der Waals surface area (Å²) in [5.74, 6) is -0.318. The number of nitrogens with zero attached hydrogens (tertiary/aromatic N) is 1. The molecule has 0 unspecified atom stereocenters. The monoisotopic (exact) mass is 484 g/mol. The molecule has 0 bridgehead atoms. The summed E-state index contributed by atoms with van der Waals surface area (Å²) in [6.45, 7) is 1.89. The number of sulfonamides is 1. The lowest BCUT2D eigenvalue weighted by molar-refractivity contribution is -0.121. The van der Waals surface area contributed by atoms with E-state index in [2.05, 4.69) is 17.4 Å². The molecular formula is C26H29ClN2O3S. The molecule has 0 saturated carbocycles. The van der Waals surface area contributed by atoms with Crippen molar-refractivity contribution in [2.75, 3.05) is 13.1 Å². The summed E-state index contributed by atoms with van der Waals surface area (Å²) < 4.78 is 27.8. The zero-order chi connectivity index (χ0) is 23.7. The first-order valence-corrected chi connectivity index (χ1v) is 12.8. The maximum atomic E-state index is 13.3. The number of carbonyl (C=O) groups excluding carboxylic acids is 1. The second-order valence-electron chi connectivity index (χ2n) is 8.02. The van der Waals surface area contributed by atoms with Crippen molar-refractivity contribution < 1.29 is 13.2 Å². The molecule has 0 heterocycles. The molecular weight excluding hydrogens is 456 g/mol. The Labute approximate surface area is 201 Å². The first-order chi connectivity index (χ1) is 15.8. The zero-order valence-corrected chi connectivity index (χ0v) is 20.2. The first-order valence-electron chi connectivity index (χ1n) is 11.0. The molecule has 1 amide bonds. The van der Waals surface area contributed by atoms with Crippen LogP contribution in [0.5, 0.6) is 0 Å². The summed E-state index contributed by atoms with van der Waals surface area (Å²) in [6, 6.07) is 25.6. The average Bonchev–Trinajstić information content (AvgIpc) is 2.82. The van der Waals surface area contributed by atoms with Gasteiger partial charge in [-0.1, -0.05) is 72.3 Å². The van der Waals surface area contributed by atoms with E-state index in [1.807, 2.05) is 55.5 Å². The molecule has 0 aliphatic rings. The van der Waals surface area contributed by atoms with E-state index in [9.17, 15) is 13.2 Å². The van der Waals surface area contributed by atoms with Crippen molar-refractivity contribution >= 4 is 27.5 Å². The number of hydrogen-bond acceptors (Lipinski definition) is 3. The minimum atomic E-state index is -3.86. The Morgan fingerprint density at radius 1 is 0.879 bits per heavy atom. The SMILES string of the molecule is C[C@@H](CCc1ccccc1)NC(=O)CN(CCc1ccccc1)S(=O)(=O)c1ccc(Cl)cc1. The van der Waals surface area contributed by atoms with Gasteiger partial charge < -0.3 is 5.32 Å². The van der Waals surface area contributed by atoms with Crippen molar-refractivity contribution in [3.8, 4) is 0 Å². The van der Waals surface area contributed by atoms with E-state index < -0.39 is 10.0 Å². The van der Waals surface area contributed by atoms with Crippen molar-refractivity contribution in [3.63, 3.8) is 0 Å². The van der Waals surface area contributed by atoms with Crippen LogP contribution in [0.2, 0.25) is 5.02 Å². The Morgan fingerprint density at radius 3 is 2.00 bits per heavy atom. The van der Waals surface area contributed by atoms with Crippen LogP contribution in [0.15, 0.2) is 89.8 Å². The highest BCUT2D eigenvalue weighted by atomic mass is 35.5. The van der Waals surface area contributed by atoms with Crippen molar-refractivity contribution in [2.24, 2.45) is 0 Å². The predicted octanol–water partition coefficient (Wildman–Crippen LogP) is 4.71. The largest absolute Gasteiger partial charge is 0.352 e. The number of amides is 1. The van der Waals surface area contributed by atoms with E-state index in [1.54, 1.807) is 0 Å². The van der Waals surface area contributed by atoms with Crippen LogP contribution in [0.3, 0.4) is 0 Å². The summed E-state index contributed by atoms with van der Waals surface area (Å²) in [4.78, 5) is 12.9. The van der Waals surface area contributed by atoms with Gasteiger partial charge >= 0.3 is 0 Å². The number of carbonyl (C=O) groups is 1. The molecule has 0 aliphatic carbocycles. The Kier molecular flexibility index (Phi) is 9.06. The number of benzene rings is 3. The molecule has 0 aromatic heterocycles. The third-order valence-electron chi connectivity index (χ3n) is 5.38. The van der Waals surface area contributed by atoms with Crippen molar-refractivity contribution in [3.05, 3.63) is 101 Å². The second-order valence-corrected chi connectivity index (χ2v) is 10.4. The molecule has 0 spiro atoms. The van der Waals surface area contributed by atoms with Gasteiger partial charge in [-0.15, -0.1) is 0 Å². The lowest BCUT2D eigenvalue weighted by Gasteiger charge is -2.23. The topological polar surface area (TPSA) is 66.5 Å². The lowest BCUT2D eigenvalue weighted by atomic mass is 10.1. The van der Waals surface area contributed by atoms with Crippen molar-refractivity contribution in [1.82, 2.24) is 9.62 Å². The van der Waals surface area contributed by atoms with Gasteiger partial charge in [0, 0.05) is 17.6 Å². The minimum absolute atomic E-state index is 0.0769. The maximum Gasteiger partial charge on any atom is 0.243 e. The number of nitrogens with one attached hydrogen (secondary N) is 1. The molecule has 3 aromatic rings. The van der Waals surface area contributed by atoms with Gasteiger partial charge in [0.25, 0.3) is 0 Å². The number of hydrogen-bond donors (Lipinski definition) is 1. The highest BCUT2D eigenvalue weighted by molar-refractivity contribution is 7.89. The van der Waals surface area contributed by atoms with E-state index in [1.165, 1.54) is 34.1 Å². The fourth-order valence-corrected chi connectivity index (χ4v) is 5.04. The molecule has 0 saturated heterocycles. The van der Waals surface area contributed by atoms with E-state index in [0.717, 1.165) is 18.4 Å². The van der Waals surface area contributed by atoms with Gasteiger partial charge in [0.05, 0.1) is 11.4 Å². The fraction of sp³-hybridized carbons (Fsp3) is 0.269. The van der Waals surface area contributed by atoms with Gasteiger partial charge in [-0.05, 0) is 61.6 Å². The van der Waals surface area contributed by atoms with Crippen LogP contribution in [0.4, 0.5) is 0 Å². The van der Waals surface area contributed by atoms with Crippen LogP contribution in [0.25, 0.3) is 0 Å². The predicted molar refractivity (Wildman–Crippen MR) is 133 cm³/mol. The maximum absolute atomic E-state index is 13.3. The molecule has 5 nitrogen and oxygen atoms in total. The summed E-state index contributed by atoms with van der Waals surface area (Å²) in [7, 11) is -3.86. The molecule has 1 atom stereocenters. The molecule has 33 heavy (non-hydrogen) atoms. The summed E-state index contributed by atoms with van der Waals surface area (Å²) in [5.41, 5.74) is 2.21. The van der Waals surface area contributed by atoms with Gasteiger partial charge in [0.1, 0.15) is 0 Å². The van der Waals surface area contributed by atoms with Crippen LogP contribution in [0, 0.1) is 0 Å². The Balaban J connectivity index is 1.67. The summed E-state index contributed by atoms with van der Waals surface area (Å²) >= 11 is 5.93. The van der Waals surface area contributed by atoms with Crippen LogP contribution >= 0.6 is 11.6 Å². The molecule has 3 aromatic carbocycles. The Hall–Kier alpha value is -2.67. The van der Waals surface area contributed by atoms with E-state index in [0.29, 0.717) is 11.4 Å². The molecule has 0 fully saturated rings. The van der Waals surface area contributed by atoms with Crippen LogP contribution in [0.1, 0.15) is 24.5 Å². The number of halogens is 1. The molecule has 1 N–H and O–H groups in total. The highest BCUT2D eigenvalue weighted by Gasteiger charge is 2.27. The normalized spacial score (nSPS) is 12.5. The van der Waals surface area contributed by atoms with Crippen LogP contribution in [-0.2, 0) is 27.7 Å². The Morgan fingerprint density at radius 2 is 1.42 bits per heavy atom. The standard InChI is InChI=1S/C26H29ClN2O3S/c1-21(12-13-22-8-4-2-5-9-22)28-26(30)20-29(19-18-23-10-6-3-7-11-23)33(31,32)25-16-14-24(27)15-17-25/h2-11,14-17,21H,12-13,18-20H2,1H3,(H,28,30)/t21-/m0/s1. The summed E-state index contributed by atoms with van der Waals surface area (Å²) in [6.07, 6.45) is 2.11. The molecule has 174 valence electrons. The van der Waals surface area contributed by atoms with E-state index >= 15 is 0 Å². The minimum Gasteiger partial charge on any atom is -0.352 e. The van der Waals surface area contributed by atoms with Crippen LogP contribution in [-0.4, -0.2) is 37.8 Å². The second kappa shape index (κ2) is 12.0. The fourth-order valence-electron chi connectivity index (χ4n) is 3.52. The van der Waals surface area contributed by atoms with Gasteiger partial charge in [0.2, 0.25) is 15.9 Å². The first kappa shape index (κ1) is 25.0. The van der Waals surface area contributed by atoms with Crippen molar-refractivity contribution in [2.45, 2.75) is 37.1 Å². The molecule has 0 aliphatic heterocycles. The van der Waals surface area contributed by atoms with Gasteiger partial charge in [-0.2, -0.15) is 4.31 Å². The number of rotatable bonds is 11. The third kappa shape index (κ3) is 7.70. The number of aryl methyl sites for hydroxylation is 1.